The van der Waals surface area contributed by atoms with Crippen LogP contribution in [-0.2, 0) is 11.2 Å². The van der Waals surface area contributed by atoms with Crippen molar-refractivity contribution in [1.29, 1.82) is 0 Å². The van der Waals surface area contributed by atoms with E-state index in [0.717, 1.165) is 6.42 Å². The van der Waals surface area contributed by atoms with Crippen LogP contribution in [0.1, 0.15) is 11.6 Å². The maximum Gasteiger partial charge on any atom is 0.143 e. The number of pyridine rings is 1. The van der Waals surface area contributed by atoms with Crippen LogP contribution in [0.3, 0.4) is 0 Å². The zero-order valence-electron chi connectivity index (χ0n) is 14.5. The number of aromatic nitrogens is 3. The van der Waals surface area contributed by atoms with Crippen molar-refractivity contribution in [3.05, 3.63) is 66.5 Å². The summed E-state index contributed by atoms with van der Waals surface area (Å²) in [5.41, 5.74) is 1.68. The number of methoxy groups -OCH3 is 1. The van der Waals surface area contributed by atoms with Gasteiger partial charge < -0.3 is 14.0 Å². The summed E-state index contributed by atoms with van der Waals surface area (Å²) in [5.74, 6) is 1.05. The summed E-state index contributed by atoms with van der Waals surface area (Å²) < 4.78 is 27.4. The second-order valence-electron chi connectivity index (χ2n) is 6.43. The van der Waals surface area contributed by atoms with Gasteiger partial charge in [0.1, 0.15) is 17.4 Å². The zero-order valence-corrected chi connectivity index (χ0v) is 14.5. The lowest BCUT2D eigenvalue weighted by atomic mass is 9.95. The summed E-state index contributed by atoms with van der Waals surface area (Å²) in [6, 6.07) is 8.99. The zero-order chi connectivity index (χ0) is 17.9. The molecule has 26 heavy (non-hydrogen) atoms. The molecular formula is C20H20FN3O2. The molecule has 3 heterocycles. The average Bonchev–Trinajstić information content (AvgIpc) is 3.31. The molecular weight excluding hydrogens is 333 g/mol. The van der Waals surface area contributed by atoms with Crippen LogP contribution >= 0.6 is 0 Å². The van der Waals surface area contributed by atoms with Gasteiger partial charge in [-0.3, -0.25) is 4.98 Å². The molecule has 3 aromatic rings. The SMILES string of the molecule is COc1ccc(-c2nccn2[C@@H]2COC[C@H]2Cc2ccncc2)c(F)c1. The summed E-state index contributed by atoms with van der Waals surface area (Å²) in [6.07, 6.45) is 8.10. The molecule has 1 aromatic carbocycles. The Morgan fingerprint density at radius 3 is 2.81 bits per heavy atom. The standard InChI is InChI=1S/C20H20FN3O2/c1-25-16-2-3-17(18(21)11-16)20-23-8-9-24(20)19-13-26-12-15(19)10-14-4-6-22-7-5-14/h2-9,11,15,19H,10,12-13H2,1H3/t15-,19-/m1/s1. The second kappa shape index (κ2) is 7.25. The Bertz CT molecular complexity index is 882. The van der Waals surface area contributed by atoms with Crippen LogP contribution in [0.2, 0.25) is 0 Å². The number of hydrogen-bond donors (Lipinski definition) is 0. The van der Waals surface area contributed by atoms with Gasteiger partial charge in [-0.1, -0.05) is 0 Å². The predicted molar refractivity (Wildman–Crippen MR) is 95.5 cm³/mol. The first-order valence-corrected chi connectivity index (χ1v) is 8.59. The molecule has 0 aliphatic carbocycles. The lowest BCUT2D eigenvalue weighted by molar-refractivity contribution is 0.181. The van der Waals surface area contributed by atoms with Crippen molar-refractivity contribution in [2.45, 2.75) is 12.5 Å². The molecule has 0 spiro atoms. The van der Waals surface area contributed by atoms with Gasteiger partial charge in [0.2, 0.25) is 0 Å². The molecule has 0 unspecified atom stereocenters. The summed E-state index contributed by atoms with van der Waals surface area (Å²) in [4.78, 5) is 8.47. The van der Waals surface area contributed by atoms with Crippen LogP contribution in [0, 0.1) is 11.7 Å². The Labute approximate surface area is 151 Å². The van der Waals surface area contributed by atoms with E-state index >= 15 is 0 Å². The molecule has 2 aromatic heterocycles. The highest BCUT2D eigenvalue weighted by molar-refractivity contribution is 5.58. The summed E-state index contributed by atoms with van der Waals surface area (Å²) in [7, 11) is 1.52. The van der Waals surface area contributed by atoms with Crippen molar-refractivity contribution in [3.8, 4) is 17.1 Å². The molecule has 6 heteroatoms. The molecule has 5 nitrogen and oxygen atoms in total. The third-order valence-electron chi connectivity index (χ3n) is 4.86. The molecule has 1 aliphatic heterocycles. The van der Waals surface area contributed by atoms with Gasteiger partial charge in [0.25, 0.3) is 0 Å². The van der Waals surface area contributed by atoms with Gasteiger partial charge in [0.05, 0.1) is 31.9 Å². The van der Waals surface area contributed by atoms with Gasteiger partial charge in [-0.05, 0) is 36.2 Å². The number of ether oxygens (including phenoxy) is 2. The highest BCUT2D eigenvalue weighted by Gasteiger charge is 2.31. The van der Waals surface area contributed by atoms with Crippen LogP contribution in [0.4, 0.5) is 4.39 Å². The van der Waals surface area contributed by atoms with Crippen LogP contribution in [-0.4, -0.2) is 34.9 Å². The Kier molecular flexibility index (Phi) is 4.67. The van der Waals surface area contributed by atoms with Crippen molar-refractivity contribution in [1.82, 2.24) is 14.5 Å². The van der Waals surface area contributed by atoms with Crippen molar-refractivity contribution >= 4 is 0 Å². The highest BCUT2D eigenvalue weighted by Crippen LogP contribution is 2.34. The van der Waals surface area contributed by atoms with Gasteiger partial charge >= 0.3 is 0 Å². The number of halogens is 1. The minimum absolute atomic E-state index is 0.113. The lowest BCUT2D eigenvalue weighted by Gasteiger charge is -2.21. The van der Waals surface area contributed by atoms with E-state index in [-0.39, 0.29) is 11.9 Å². The lowest BCUT2D eigenvalue weighted by Crippen LogP contribution is -2.20. The second-order valence-corrected chi connectivity index (χ2v) is 6.43. The number of nitrogens with zero attached hydrogens (tertiary/aromatic N) is 3. The molecule has 0 radical (unpaired) electrons. The van der Waals surface area contributed by atoms with Crippen LogP contribution in [0.5, 0.6) is 5.75 Å². The third kappa shape index (κ3) is 3.20. The quantitative estimate of drug-likeness (QED) is 0.704. The smallest absolute Gasteiger partial charge is 0.143 e. The fourth-order valence-electron chi connectivity index (χ4n) is 3.50. The van der Waals surface area contributed by atoms with Crippen molar-refractivity contribution in [2.75, 3.05) is 20.3 Å². The molecule has 134 valence electrons. The average molecular weight is 353 g/mol. The van der Waals surface area contributed by atoms with E-state index in [2.05, 4.69) is 9.97 Å². The van der Waals surface area contributed by atoms with Gasteiger partial charge in [0.15, 0.2) is 0 Å². The number of rotatable bonds is 5. The fourth-order valence-corrected chi connectivity index (χ4v) is 3.50. The molecule has 2 atom stereocenters. The summed E-state index contributed by atoms with van der Waals surface area (Å²) in [5, 5.41) is 0. The minimum atomic E-state index is -0.346. The number of hydrogen-bond acceptors (Lipinski definition) is 4. The third-order valence-corrected chi connectivity index (χ3v) is 4.86. The van der Waals surface area contributed by atoms with Crippen molar-refractivity contribution < 1.29 is 13.9 Å². The van der Waals surface area contributed by atoms with Crippen molar-refractivity contribution in [3.63, 3.8) is 0 Å². The van der Waals surface area contributed by atoms with E-state index in [4.69, 9.17) is 9.47 Å². The molecule has 0 amide bonds. The van der Waals surface area contributed by atoms with Crippen LogP contribution < -0.4 is 4.74 Å². The first kappa shape index (κ1) is 16.7. The molecule has 0 saturated carbocycles. The van der Waals surface area contributed by atoms with E-state index in [1.807, 2.05) is 22.9 Å². The van der Waals surface area contributed by atoms with E-state index in [1.165, 1.54) is 18.7 Å². The molecule has 1 aliphatic rings. The predicted octanol–water partition coefficient (Wildman–Crippen LogP) is 3.52. The van der Waals surface area contributed by atoms with E-state index < -0.39 is 0 Å². The van der Waals surface area contributed by atoms with E-state index in [9.17, 15) is 4.39 Å². The molecule has 1 saturated heterocycles. The summed E-state index contributed by atoms with van der Waals surface area (Å²) in [6.45, 7) is 1.27. The molecule has 0 bridgehead atoms. The number of benzene rings is 1. The van der Waals surface area contributed by atoms with Crippen molar-refractivity contribution in [2.24, 2.45) is 5.92 Å². The van der Waals surface area contributed by atoms with E-state index in [0.29, 0.717) is 36.3 Å². The number of imidazole rings is 1. The van der Waals surface area contributed by atoms with Gasteiger partial charge in [0, 0.05) is 36.8 Å². The maximum absolute atomic E-state index is 14.5. The monoisotopic (exact) mass is 353 g/mol. The Morgan fingerprint density at radius 1 is 1.19 bits per heavy atom. The van der Waals surface area contributed by atoms with E-state index in [1.54, 1.807) is 30.7 Å². The first-order chi connectivity index (χ1) is 12.8. The Balaban J connectivity index is 1.63. The molecule has 1 fully saturated rings. The van der Waals surface area contributed by atoms with Gasteiger partial charge in [-0.2, -0.15) is 0 Å². The summed E-state index contributed by atoms with van der Waals surface area (Å²) >= 11 is 0. The Hall–Kier alpha value is -2.73. The Morgan fingerprint density at radius 2 is 2.04 bits per heavy atom. The molecule has 4 rings (SSSR count). The van der Waals surface area contributed by atoms with Crippen LogP contribution in [0.15, 0.2) is 55.1 Å². The van der Waals surface area contributed by atoms with Gasteiger partial charge in [-0.15, -0.1) is 0 Å². The van der Waals surface area contributed by atoms with Gasteiger partial charge in [-0.25, -0.2) is 9.37 Å². The first-order valence-electron chi connectivity index (χ1n) is 8.59. The highest BCUT2D eigenvalue weighted by atomic mass is 19.1. The largest absolute Gasteiger partial charge is 0.497 e. The maximum atomic E-state index is 14.5. The topological polar surface area (TPSA) is 49.2 Å². The normalized spacial score (nSPS) is 19.6. The minimum Gasteiger partial charge on any atom is -0.497 e. The molecule has 0 N–H and O–H groups in total. The fraction of sp³-hybridized carbons (Fsp3) is 0.300. The van der Waals surface area contributed by atoms with Crippen LogP contribution in [0.25, 0.3) is 11.4 Å².